The molecule has 21 heavy (non-hydrogen) atoms. The molecule has 0 fully saturated rings. The van der Waals surface area contributed by atoms with Gasteiger partial charge in [0.1, 0.15) is 11.5 Å². The van der Waals surface area contributed by atoms with Crippen LogP contribution in [0.5, 0.6) is 11.5 Å². The Morgan fingerprint density at radius 3 is 2.05 bits per heavy atom. The summed E-state index contributed by atoms with van der Waals surface area (Å²) in [5, 5.41) is 3.61. The molecule has 0 bridgehead atoms. The van der Waals surface area contributed by atoms with Crippen LogP contribution in [0.1, 0.15) is 47.5 Å². The Kier molecular flexibility index (Phi) is 6.53. The second-order valence-corrected chi connectivity index (χ2v) is 7.04. The van der Waals surface area contributed by atoms with Crippen molar-refractivity contribution in [1.82, 2.24) is 5.32 Å². The van der Waals surface area contributed by atoms with E-state index in [9.17, 15) is 0 Å². The van der Waals surface area contributed by atoms with Crippen molar-refractivity contribution in [3.8, 4) is 11.5 Å². The number of methoxy groups -OCH3 is 1. The minimum Gasteiger partial charge on any atom is -0.497 e. The van der Waals surface area contributed by atoms with Gasteiger partial charge < -0.3 is 14.8 Å². The van der Waals surface area contributed by atoms with Gasteiger partial charge >= 0.3 is 0 Å². The summed E-state index contributed by atoms with van der Waals surface area (Å²) in [6.07, 6.45) is 2.18. The molecule has 1 N–H and O–H groups in total. The van der Waals surface area contributed by atoms with Crippen LogP contribution < -0.4 is 14.8 Å². The van der Waals surface area contributed by atoms with E-state index >= 15 is 0 Å². The molecule has 3 heteroatoms. The summed E-state index contributed by atoms with van der Waals surface area (Å²) in [5.74, 6) is 1.76. The highest BCUT2D eigenvalue weighted by atomic mass is 16.5. The van der Waals surface area contributed by atoms with Gasteiger partial charge in [-0.25, -0.2) is 0 Å². The lowest BCUT2D eigenvalue weighted by Crippen LogP contribution is -2.43. The molecule has 1 aromatic carbocycles. The fourth-order valence-corrected chi connectivity index (χ4v) is 1.96. The third kappa shape index (κ3) is 6.85. The van der Waals surface area contributed by atoms with Crippen LogP contribution in [0.15, 0.2) is 24.3 Å². The van der Waals surface area contributed by atoms with Gasteiger partial charge in [0.2, 0.25) is 0 Å². The number of hydrogen-bond acceptors (Lipinski definition) is 3. The predicted octanol–water partition coefficient (Wildman–Crippen LogP) is 4.27. The van der Waals surface area contributed by atoms with Gasteiger partial charge in [0.05, 0.1) is 13.7 Å². The van der Waals surface area contributed by atoms with Gasteiger partial charge in [-0.2, -0.15) is 0 Å². The Morgan fingerprint density at radius 2 is 1.57 bits per heavy atom. The zero-order valence-electron chi connectivity index (χ0n) is 14.5. The van der Waals surface area contributed by atoms with Crippen molar-refractivity contribution < 1.29 is 9.47 Å². The molecular weight excluding hydrogens is 262 g/mol. The number of nitrogens with one attached hydrogen (secondary N) is 1. The van der Waals surface area contributed by atoms with Gasteiger partial charge in [-0.1, -0.05) is 13.8 Å². The van der Waals surface area contributed by atoms with Crippen molar-refractivity contribution in [2.24, 2.45) is 5.41 Å². The fourth-order valence-electron chi connectivity index (χ4n) is 1.96. The van der Waals surface area contributed by atoms with Crippen LogP contribution in [-0.4, -0.2) is 25.8 Å². The topological polar surface area (TPSA) is 30.5 Å². The maximum atomic E-state index is 5.85. The van der Waals surface area contributed by atoms with Crippen molar-refractivity contribution >= 4 is 0 Å². The minimum absolute atomic E-state index is 0.160. The molecule has 3 nitrogen and oxygen atoms in total. The van der Waals surface area contributed by atoms with Gasteiger partial charge in [0, 0.05) is 12.1 Å². The van der Waals surface area contributed by atoms with Crippen molar-refractivity contribution in [1.29, 1.82) is 0 Å². The lowest BCUT2D eigenvalue weighted by Gasteiger charge is -2.33. The first-order valence-electron chi connectivity index (χ1n) is 7.80. The van der Waals surface area contributed by atoms with Crippen LogP contribution in [0.2, 0.25) is 0 Å². The molecule has 0 aliphatic carbocycles. The van der Waals surface area contributed by atoms with Crippen LogP contribution in [0.4, 0.5) is 0 Å². The number of rotatable bonds is 8. The molecular formula is C18H31NO2. The van der Waals surface area contributed by atoms with Crippen LogP contribution in [0.25, 0.3) is 0 Å². The number of benzene rings is 1. The highest BCUT2D eigenvalue weighted by Gasteiger charge is 2.24. The molecule has 0 saturated carbocycles. The molecule has 0 aliphatic heterocycles. The van der Waals surface area contributed by atoms with E-state index in [1.54, 1.807) is 7.11 Å². The monoisotopic (exact) mass is 293 g/mol. The third-order valence-electron chi connectivity index (χ3n) is 3.93. The second-order valence-electron chi connectivity index (χ2n) is 7.04. The van der Waals surface area contributed by atoms with Crippen molar-refractivity contribution in [3.05, 3.63) is 24.3 Å². The zero-order chi connectivity index (χ0) is 15.9. The van der Waals surface area contributed by atoms with Crippen LogP contribution in [0.3, 0.4) is 0 Å². The zero-order valence-corrected chi connectivity index (χ0v) is 14.5. The summed E-state index contributed by atoms with van der Waals surface area (Å²) in [5.41, 5.74) is 0.424. The maximum Gasteiger partial charge on any atom is 0.119 e. The molecule has 0 spiro atoms. The normalized spacial score (nSPS) is 14.6. The third-order valence-corrected chi connectivity index (χ3v) is 3.93. The van der Waals surface area contributed by atoms with Crippen molar-refractivity contribution in [2.45, 2.75) is 53.0 Å². The Balaban J connectivity index is 2.43. The second kappa shape index (κ2) is 7.69. The maximum absolute atomic E-state index is 5.85. The smallest absolute Gasteiger partial charge is 0.119 e. The van der Waals surface area contributed by atoms with Crippen molar-refractivity contribution in [3.63, 3.8) is 0 Å². The Morgan fingerprint density at radius 1 is 1.00 bits per heavy atom. The Bertz CT molecular complexity index is 408. The summed E-state index contributed by atoms with van der Waals surface area (Å²) in [7, 11) is 1.67. The van der Waals surface area contributed by atoms with Gasteiger partial charge in [0.15, 0.2) is 0 Å². The molecule has 0 aromatic heterocycles. The first-order chi connectivity index (χ1) is 9.78. The molecule has 0 aliphatic rings. The highest BCUT2D eigenvalue weighted by Crippen LogP contribution is 2.26. The Labute approximate surface area is 130 Å². The van der Waals surface area contributed by atoms with E-state index in [-0.39, 0.29) is 11.0 Å². The average molecular weight is 293 g/mol. The lowest BCUT2D eigenvalue weighted by atomic mass is 9.83. The molecule has 0 heterocycles. The minimum atomic E-state index is 0.160. The standard InChI is InChI=1S/C18H31NO2/c1-7-18(5,14-19-17(2,3)4)12-13-21-16-10-8-15(20-6)9-11-16/h8-11,19H,7,12-14H2,1-6H3. The summed E-state index contributed by atoms with van der Waals surface area (Å²) in [6.45, 7) is 12.9. The summed E-state index contributed by atoms with van der Waals surface area (Å²) in [4.78, 5) is 0. The van der Waals surface area contributed by atoms with E-state index in [0.717, 1.165) is 37.5 Å². The first kappa shape index (κ1) is 17.8. The van der Waals surface area contributed by atoms with Gasteiger partial charge in [-0.3, -0.25) is 0 Å². The van der Waals surface area contributed by atoms with E-state index in [1.165, 1.54) is 0 Å². The first-order valence-corrected chi connectivity index (χ1v) is 7.80. The summed E-state index contributed by atoms with van der Waals surface area (Å²) in [6, 6.07) is 7.76. The van der Waals surface area contributed by atoms with E-state index in [2.05, 4.69) is 39.9 Å². The highest BCUT2D eigenvalue weighted by molar-refractivity contribution is 5.31. The average Bonchev–Trinajstić information content (AvgIpc) is 2.45. The largest absolute Gasteiger partial charge is 0.497 e. The van der Waals surface area contributed by atoms with Crippen LogP contribution in [0, 0.1) is 5.41 Å². The molecule has 0 amide bonds. The van der Waals surface area contributed by atoms with E-state index in [0.29, 0.717) is 0 Å². The predicted molar refractivity (Wildman–Crippen MR) is 89.3 cm³/mol. The summed E-state index contributed by atoms with van der Waals surface area (Å²) >= 11 is 0. The van der Waals surface area contributed by atoms with Crippen LogP contribution >= 0.6 is 0 Å². The quantitative estimate of drug-likeness (QED) is 0.776. The number of ether oxygens (including phenoxy) is 2. The van der Waals surface area contributed by atoms with E-state index in [1.807, 2.05) is 24.3 Å². The molecule has 0 saturated heterocycles. The molecule has 1 aromatic rings. The molecule has 120 valence electrons. The molecule has 1 unspecified atom stereocenters. The van der Waals surface area contributed by atoms with E-state index < -0.39 is 0 Å². The van der Waals surface area contributed by atoms with Crippen molar-refractivity contribution in [2.75, 3.05) is 20.3 Å². The van der Waals surface area contributed by atoms with Gasteiger partial charge in [0.25, 0.3) is 0 Å². The van der Waals surface area contributed by atoms with Crippen LogP contribution in [-0.2, 0) is 0 Å². The number of hydrogen-bond donors (Lipinski definition) is 1. The summed E-state index contributed by atoms with van der Waals surface area (Å²) < 4.78 is 11.0. The molecule has 1 rings (SSSR count). The molecule has 1 atom stereocenters. The van der Waals surface area contributed by atoms with E-state index in [4.69, 9.17) is 9.47 Å². The Hall–Kier alpha value is -1.22. The van der Waals surface area contributed by atoms with Gasteiger partial charge in [-0.05, 0) is 63.3 Å². The lowest BCUT2D eigenvalue weighted by molar-refractivity contribution is 0.186. The molecule has 0 radical (unpaired) electrons. The fraction of sp³-hybridized carbons (Fsp3) is 0.667. The van der Waals surface area contributed by atoms with Gasteiger partial charge in [-0.15, -0.1) is 0 Å². The SMILES string of the molecule is CCC(C)(CCOc1ccc(OC)cc1)CNC(C)(C)C.